The second-order valence-electron chi connectivity index (χ2n) is 4.01. The molecule has 1 amide bonds. The van der Waals surface area contributed by atoms with Crippen molar-refractivity contribution in [3.8, 4) is 0 Å². The van der Waals surface area contributed by atoms with Gasteiger partial charge in [-0.3, -0.25) is 4.79 Å². The van der Waals surface area contributed by atoms with E-state index in [1.54, 1.807) is 36.5 Å². The van der Waals surface area contributed by atoms with Gasteiger partial charge in [-0.1, -0.05) is 42.5 Å². The average Bonchev–Trinajstić information content (AvgIpc) is 2.44. The van der Waals surface area contributed by atoms with E-state index in [0.717, 1.165) is 0 Å². The molecule has 1 unspecified atom stereocenters. The Hall–Kier alpha value is -2.31. The Morgan fingerprint density at radius 1 is 1.29 bits per heavy atom. The summed E-state index contributed by atoms with van der Waals surface area (Å²) in [6, 6.07) is 6.07. The number of amides is 1. The van der Waals surface area contributed by atoms with Gasteiger partial charge in [0, 0.05) is 0 Å². The number of ether oxygens (including phenoxy) is 1. The molecule has 0 bridgehead atoms. The van der Waals surface area contributed by atoms with Gasteiger partial charge >= 0.3 is 18.1 Å². The number of benzene rings is 1. The molecule has 1 N–H and O–H groups in total. The zero-order chi connectivity index (χ0) is 15.9. The minimum Gasteiger partial charge on any atom is -0.460 e. The van der Waals surface area contributed by atoms with Crippen molar-refractivity contribution in [2.75, 3.05) is 6.61 Å². The highest BCUT2D eigenvalue weighted by molar-refractivity contribution is 5.88. The van der Waals surface area contributed by atoms with Crippen LogP contribution in [0.5, 0.6) is 0 Å². The van der Waals surface area contributed by atoms with Gasteiger partial charge in [0.1, 0.15) is 6.61 Å². The molecule has 0 spiro atoms. The zero-order valence-corrected chi connectivity index (χ0v) is 11.2. The highest BCUT2D eigenvalue weighted by Gasteiger charge is 2.41. The van der Waals surface area contributed by atoms with Crippen LogP contribution >= 0.6 is 0 Å². The lowest BCUT2D eigenvalue weighted by Gasteiger charge is -2.18. The molecule has 0 radical (unpaired) electrons. The van der Waals surface area contributed by atoms with Crippen LogP contribution in [0.3, 0.4) is 0 Å². The second kappa shape index (κ2) is 7.47. The number of alkyl halides is 3. The summed E-state index contributed by atoms with van der Waals surface area (Å²) in [6.45, 7) is 1.62. The van der Waals surface area contributed by atoms with E-state index < -0.39 is 24.1 Å². The van der Waals surface area contributed by atoms with Crippen molar-refractivity contribution in [3.63, 3.8) is 0 Å². The molecule has 0 saturated carbocycles. The summed E-state index contributed by atoms with van der Waals surface area (Å²) in [6.07, 6.45) is -1.93. The molecule has 0 fully saturated rings. The van der Waals surface area contributed by atoms with Crippen molar-refractivity contribution in [2.45, 2.75) is 19.1 Å². The topological polar surface area (TPSA) is 55.4 Å². The van der Waals surface area contributed by atoms with Crippen molar-refractivity contribution in [1.82, 2.24) is 5.32 Å². The Morgan fingerprint density at radius 3 is 2.43 bits per heavy atom. The zero-order valence-electron chi connectivity index (χ0n) is 11.2. The number of carbonyl (C=O) groups excluding carboxylic acids is 2. The Kier molecular flexibility index (Phi) is 5.95. The molecule has 0 aromatic heterocycles. The van der Waals surface area contributed by atoms with Crippen LogP contribution in [-0.2, 0) is 14.3 Å². The Bertz CT molecular complexity index is 512. The Balaban J connectivity index is 2.90. The highest BCUT2D eigenvalue weighted by atomic mass is 19.4. The third kappa shape index (κ3) is 5.29. The molecule has 21 heavy (non-hydrogen) atoms. The maximum Gasteiger partial charge on any atom is 0.471 e. The smallest absolute Gasteiger partial charge is 0.460 e. The van der Waals surface area contributed by atoms with E-state index in [4.69, 9.17) is 4.74 Å². The van der Waals surface area contributed by atoms with E-state index in [1.165, 1.54) is 18.2 Å². The molecule has 7 heteroatoms. The van der Waals surface area contributed by atoms with Crippen molar-refractivity contribution < 1.29 is 27.5 Å². The van der Waals surface area contributed by atoms with Gasteiger partial charge in [-0.25, -0.2) is 4.79 Å². The molecule has 0 aliphatic carbocycles. The van der Waals surface area contributed by atoms with Crippen LogP contribution in [0.4, 0.5) is 13.2 Å². The van der Waals surface area contributed by atoms with Crippen molar-refractivity contribution in [2.24, 2.45) is 0 Å². The number of hydrogen-bond donors (Lipinski definition) is 1. The van der Waals surface area contributed by atoms with Crippen molar-refractivity contribution in [1.29, 1.82) is 0 Å². The van der Waals surface area contributed by atoms with Crippen LogP contribution in [0.1, 0.15) is 18.5 Å². The lowest BCUT2D eigenvalue weighted by Crippen LogP contribution is -2.42. The lowest BCUT2D eigenvalue weighted by atomic mass is 10.1. The first-order valence-corrected chi connectivity index (χ1v) is 6.06. The molecule has 0 aliphatic rings. The summed E-state index contributed by atoms with van der Waals surface area (Å²) in [5, 5.41) is 1.64. The maximum absolute atomic E-state index is 12.3. The minimum absolute atomic E-state index is 0.0828. The third-order valence-corrected chi connectivity index (χ3v) is 2.46. The van der Waals surface area contributed by atoms with Crippen molar-refractivity contribution >= 4 is 11.9 Å². The third-order valence-electron chi connectivity index (χ3n) is 2.46. The van der Waals surface area contributed by atoms with E-state index >= 15 is 0 Å². The number of hydrogen-bond acceptors (Lipinski definition) is 3. The van der Waals surface area contributed by atoms with E-state index in [0.29, 0.717) is 0 Å². The summed E-state index contributed by atoms with van der Waals surface area (Å²) in [5.41, 5.74) is 0.209. The van der Waals surface area contributed by atoms with Gasteiger partial charge in [0.2, 0.25) is 0 Å². The number of carbonyl (C=O) groups is 2. The van der Waals surface area contributed by atoms with Crippen LogP contribution in [0.25, 0.3) is 0 Å². The lowest BCUT2D eigenvalue weighted by molar-refractivity contribution is -0.176. The van der Waals surface area contributed by atoms with Gasteiger partial charge in [0.25, 0.3) is 0 Å². The van der Waals surface area contributed by atoms with Gasteiger partial charge in [-0.15, -0.1) is 0 Å². The number of allylic oxidation sites excluding steroid dienone is 1. The SMILES string of the molecule is C/C=C/COC(=O)C(NC(=O)C(F)(F)F)c1ccccc1. The van der Waals surface area contributed by atoms with Gasteiger partial charge in [-0.2, -0.15) is 13.2 Å². The van der Waals surface area contributed by atoms with Gasteiger partial charge < -0.3 is 10.1 Å². The normalized spacial score (nSPS) is 13.0. The molecule has 0 saturated heterocycles. The predicted molar refractivity (Wildman–Crippen MR) is 69.2 cm³/mol. The molecule has 1 atom stereocenters. The average molecular weight is 301 g/mol. The van der Waals surface area contributed by atoms with E-state index in [9.17, 15) is 22.8 Å². The molecule has 0 aliphatic heterocycles. The summed E-state index contributed by atoms with van der Waals surface area (Å²) >= 11 is 0. The predicted octanol–water partition coefficient (Wildman–Crippen LogP) is 2.53. The standard InChI is InChI=1S/C14H14F3NO3/c1-2-3-9-21-12(19)11(10-7-5-4-6-8-10)18-13(20)14(15,16)17/h2-8,11H,9H2,1H3,(H,18,20)/b3-2+. The first-order chi connectivity index (χ1) is 9.86. The first-order valence-electron chi connectivity index (χ1n) is 6.06. The fraction of sp³-hybridized carbons (Fsp3) is 0.286. The summed E-state index contributed by atoms with van der Waals surface area (Å²) in [5.74, 6) is -3.16. The molecule has 4 nitrogen and oxygen atoms in total. The van der Waals surface area contributed by atoms with Crippen molar-refractivity contribution in [3.05, 3.63) is 48.0 Å². The molecular formula is C14H14F3NO3. The van der Waals surface area contributed by atoms with Crippen LogP contribution < -0.4 is 5.32 Å². The summed E-state index contributed by atoms with van der Waals surface area (Å²) < 4.78 is 41.8. The van der Waals surface area contributed by atoms with Crippen LogP contribution in [0, 0.1) is 0 Å². The van der Waals surface area contributed by atoms with E-state index in [1.807, 2.05) is 0 Å². The van der Waals surface area contributed by atoms with Crippen LogP contribution in [-0.4, -0.2) is 24.7 Å². The summed E-state index contributed by atoms with van der Waals surface area (Å²) in [4.78, 5) is 22.9. The molecule has 1 aromatic carbocycles. The first kappa shape index (κ1) is 16.7. The van der Waals surface area contributed by atoms with Gasteiger partial charge in [-0.05, 0) is 12.5 Å². The maximum atomic E-state index is 12.3. The number of esters is 1. The quantitative estimate of drug-likeness (QED) is 0.671. The Labute approximate surface area is 119 Å². The molecule has 1 rings (SSSR count). The molecule has 114 valence electrons. The number of nitrogens with one attached hydrogen (secondary N) is 1. The number of rotatable bonds is 5. The monoisotopic (exact) mass is 301 g/mol. The fourth-order valence-electron chi connectivity index (χ4n) is 1.45. The van der Waals surface area contributed by atoms with Gasteiger partial charge in [0.05, 0.1) is 0 Å². The van der Waals surface area contributed by atoms with E-state index in [-0.39, 0.29) is 12.2 Å². The number of halogens is 3. The molecule has 0 heterocycles. The van der Waals surface area contributed by atoms with E-state index in [2.05, 4.69) is 0 Å². The van der Waals surface area contributed by atoms with Gasteiger partial charge in [0.15, 0.2) is 6.04 Å². The Morgan fingerprint density at radius 2 is 1.90 bits per heavy atom. The van der Waals surface area contributed by atoms with Crippen LogP contribution in [0.15, 0.2) is 42.5 Å². The summed E-state index contributed by atoms with van der Waals surface area (Å²) in [7, 11) is 0. The second-order valence-corrected chi connectivity index (χ2v) is 4.01. The molecule has 1 aromatic rings. The fourth-order valence-corrected chi connectivity index (χ4v) is 1.45. The highest BCUT2D eigenvalue weighted by Crippen LogP contribution is 2.19. The molecular weight excluding hydrogens is 287 g/mol. The minimum atomic E-state index is -5.07. The van der Waals surface area contributed by atoms with Crippen LogP contribution in [0.2, 0.25) is 0 Å². The largest absolute Gasteiger partial charge is 0.471 e.